The Kier molecular flexibility index (Phi) is 6.29. The van der Waals surface area contributed by atoms with Crippen molar-refractivity contribution < 1.29 is 9.59 Å². The van der Waals surface area contributed by atoms with E-state index < -0.39 is 0 Å². The van der Waals surface area contributed by atoms with Crippen LogP contribution in [0, 0.1) is 0 Å². The minimum absolute atomic E-state index is 0.0662. The first-order chi connectivity index (χ1) is 13.0. The van der Waals surface area contributed by atoms with E-state index in [9.17, 15) is 14.4 Å². The van der Waals surface area contributed by atoms with E-state index in [1.165, 1.54) is 22.9 Å². The fraction of sp³-hybridized carbons (Fsp3) is 0.350. The van der Waals surface area contributed by atoms with Crippen molar-refractivity contribution >= 4 is 23.4 Å². The van der Waals surface area contributed by atoms with E-state index in [0.29, 0.717) is 10.6 Å². The van der Waals surface area contributed by atoms with Gasteiger partial charge in [-0.25, -0.2) is 0 Å². The molecule has 0 spiro atoms. The predicted molar refractivity (Wildman–Crippen MR) is 104 cm³/mol. The molecule has 0 atom stereocenters. The molecule has 1 fully saturated rings. The first-order valence-corrected chi connectivity index (χ1v) is 9.42. The second-order valence-electron chi connectivity index (χ2n) is 6.57. The number of halogens is 1. The quantitative estimate of drug-likeness (QED) is 0.826. The van der Waals surface area contributed by atoms with Gasteiger partial charge in [-0.05, 0) is 30.5 Å². The minimum atomic E-state index is -0.308. The Balaban J connectivity index is 1.61. The number of carbonyl (C=O) groups excluding carboxylic acids is 2. The predicted octanol–water partition coefficient (Wildman–Crippen LogP) is 2.29. The van der Waals surface area contributed by atoms with Gasteiger partial charge in [-0.15, -0.1) is 0 Å². The van der Waals surface area contributed by atoms with E-state index in [-0.39, 0.29) is 36.9 Å². The molecule has 2 aromatic rings. The fourth-order valence-electron chi connectivity index (χ4n) is 3.11. The first-order valence-electron chi connectivity index (χ1n) is 9.04. The van der Waals surface area contributed by atoms with Crippen molar-refractivity contribution in [1.29, 1.82) is 0 Å². The second-order valence-corrected chi connectivity index (χ2v) is 6.98. The van der Waals surface area contributed by atoms with E-state index >= 15 is 0 Å². The summed E-state index contributed by atoms with van der Waals surface area (Å²) >= 11 is 6.15. The summed E-state index contributed by atoms with van der Waals surface area (Å²) in [7, 11) is 0. The molecule has 7 heteroatoms. The van der Waals surface area contributed by atoms with Crippen molar-refractivity contribution in [2.24, 2.45) is 0 Å². The van der Waals surface area contributed by atoms with Gasteiger partial charge in [0.15, 0.2) is 0 Å². The highest BCUT2D eigenvalue weighted by molar-refractivity contribution is 6.31. The number of rotatable bonds is 6. The van der Waals surface area contributed by atoms with E-state index in [4.69, 9.17) is 11.6 Å². The SMILES string of the molecule is O=C(NCCC(=O)N1CCCC1)c1ccc(=O)n(Cc2ccccc2Cl)c1. The van der Waals surface area contributed by atoms with Gasteiger partial charge in [0.25, 0.3) is 11.5 Å². The lowest BCUT2D eigenvalue weighted by atomic mass is 10.2. The summed E-state index contributed by atoms with van der Waals surface area (Å²) in [5, 5.41) is 3.32. The third-order valence-electron chi connectivity index (χ3n) is 4.63. The van der Waals surface area contributed by atoms with Gasteiger partial charge in [0.2, 0.25) is 5.91 Å². The average molecular weight is 388 g/mol. The molecule has 2 heterocycles. The number of likely N-dealkylation sites (tertiary alicyclic amines) is 1. The Bertz CT molecular complexity index is 888. The van der Waals surface area contributed by atoms with E-state index in [1.807, 2.05) is 23.1 Å². The molecule has 0 aliphatic carbocycles. The lowest BCUT2D eigenvalue weighted by molar-refractivity contribution is -0.129. The third-order valence-corrected chi connectivity index (χ3v) is 5.00. The molecule has 27 heavy (non-hydrogen) atoms. The monoisotopic (exact) mass is 387 g/mol. The van der Waals surface area contributed by atoms with Crippen LogP contribution in [0.3, 0.4) is 0 Å². The number of amides is 2. The summed E-state index contributed by atoms with van der Waals surface area (Å²) in [4.78, 5) is 38.3. The molecule has 1 aromatic carbocycles. The summed E-state index contributed by atoms with van der Waals surface area (Å²) in [5.74, 6) is -0.242. The van der Waals surface area contributed by atoms with Crippen molar-refractivity contribution in [3.05, 3.63) is 69.1 Å². The number of hydrogen-bond acceptors (Lipinski definition) is 3. The van der Waals surface area contributed by atoms with Crippen molar-refractivity contribution in [3.8, 4) is 0 Å². The lowest BCUT2D eigenvalue weighted by Crippen LogP contribution is -2.33. The Labute approximate surface area is 162 Å². The van der Waals surface area contributed by atoms with Gasteiger partial charge >= 0.3 is 0 Å². The maximum Gasteiger partial charge on any atom is 0.252 e. The summed E-state index contributed by atoms with van der Waals surface area (Å²) < 4.78 is 1.45. The summed E-state index contributed by atoms with van der Waals surface area (Å²) in [6, 6.07) is 10.1. The summed E-state index contributed by atoms with van der Waals surface area (Å²) in [5.41, 5.74) is 0.959. The first kappa shape index (κ1) is 19.2. The maximum atomic E-state index is 12.4. The van der Waals surface area contributed by atoms with Gasteiger partial charge in [-0.1, -0.05) is 29.8 Å². The standard InChI is InChI=1S/C20H22ClN3O3/c21-17-6-2-1-5-15(17)13-24-14-16(7-8-18(24)25)20(27)22-10-9-19(26)23-11-3-4-12-23/h1-2,5-8,14H,3-4,9-13H2,(H,22,27). The molecular weight excluding hydrogens is 366 g/mol. The number of pyridine rings is 1. The lowest BCUT2D eigenvalue weighted by Gasteiger charge is -2.15. The molecular formula is C20H22ClN3O3. The topological polar surface area (TPSA) is 71.4 Å². The molecule has 142 valence electrons. The molecule has 3 rings (SSSR count). The molecule has 0 saturated carbocycles. The van der Waals surface area contributed by atoms with Gasteiger partial charge < -0.3 is 14.8 Å². The zero-order valence-electron chi connectivity index (χ0n) is 15.0. The normalized spacial score (nSPS) is 13.6. The number of benzene rings is 1. The zero-order chi connectivity index (χ0) is 19.2. The van der Waals surface area contributed by atoms with Crippen LogP contribution in [0.25, 0.3) is 0 Å². The Hall–Kier alpha value is -2.60. The van der Waals surface area contributed by atoms with Crippen LogP contribution < -0.4 is 10.9 Å². The third kappa shape index (κ3) is 4.98. The van der Waals surface area contributed by atoms with Crippen LogP contribution in [-0.4, -0.2) is 40.9 Å². The van der Waals surface area contributed by atoms with E-state index in [0.717, 1.165) is 31.5 Å². The van der Waals surface area contributed by atoms with Gasteiger partial charge in [-0.3, -0.25) is 14.4 Å². The van der Waals surface area contributed by atoms with Crippen LogP contribution in [0.2, 0.25) is 5.02 Å². The number of nitrogens with zero attached hydrogens (tertiary/aromatic N) is 2. The van der Waals surface area contributed by atoms with Crippen LogP contribution in [0.4, 0.5) is 0 Å². The fourth-order valence-corrected chi connectivity index (χ4v) is 3.30. The van der Waals surface area contributed by atoms with Crippen molar-refractivity contribution in [3.63, 3.8) is 0 Å². The molecule has 1 saturated heterocycles. The van der Waals surface area contributed by atoms with Crippen molar-refractivity contribution in [1.82, 2.24) is 14.8 Å². The van der Waals surface area contributed by atoms with E-state index in [2.05, 4.69) is 5.32 Å². The minimum Gasteiger partial charge on any atom is -0.351 e. The molecule has 0 unspecified atom stereocenters. The number of aromatic nitrogens is 1. The summed E-state index contributed by atoms with van der Waals surface area (Å²) in [6.07, 6.45) is 3.89. The highest BCUT2D eigenvalue weighted by Gasteiger charge is 2.17. The van der Waals surface area contributed by atoms with Gasteiger partial charge in [-0.2, -0.15) is 0 Å². The van der Waals surface area contributed by atoms with Crippen LogP contribution in [0.1, 0.15) is 35.2 Å². The number of nitrogens with one attached hydrogen (secondary N) is 1. The molecule has 1 N–H and O–H groups in total. The smallest absolute Gasteiger partial charge is 0.252 e. The molecule has 0 bridgehead atoms. The largest absolute Gasteiger partial charge is 0.351 e. The van der Waals surface area contributed by atoms with Crippen LogP contribution in [-0.2, 0) is 11.3 Å². The van der Waals surface area contributed by atoms with Crippen molar-refractivity contribution in [2.45, 2.75) is 25.8 Å². The molecule has 6 nitrogen and oxygen atoms in total. The van der Waals surface area contributed by atoms with Crippen LogP contribution in [0.15, 0.2) is 47.4 Å². The highest BCUT2D eigenvalue weighted by atomic mass is 35.5. The number of carbonyl (C=O) groups is 2. The van der Waals surface area contributed by atoms with Gasteiger partial charge in [0.1, 0.15) is 0 Å². The van der Waals surface area contributed by atoms with Crippen LogP contribution >= 0.6 is 11.6 Å². The Morgan fingerprint density at radius 1 is 1.07 bits per heavy atom. The van der Waals surface area contributed by atoms with E-state index in [1.54, 1.807) is 6.07 Å². The Morgan fingerprint density at radius 2 is 1.81 bits per heavy atom. The average Bonchev–Trinajstić information content (AvgIpc) is 3.20. The zero-order valence-corrected chi connectivity index (χ0v) is 15.7. The van der Waals surface area contributed by atoms with Gasteiger partial charge in [0.05, 0.1) is 12.1 Å². The molecule has 1 aliphatic heterocycles. The summed E-state index contributed by atoms with van der Waals surface area (Å²) in [6.45, 7) is 2.17. The maximum absolute atomic E-state index is 12.4. The molecule has 1 aliphatic rings. The van der Waals surface area contributed by atoms with Crippen LogP contribution in [0.5, 0.6) is 0 Å². The Morgan fingerprint density at radius 3 is 2.56 bits per heavy atom. The highest BCUT2D eigenvalue weighted by Crippen LogP contribution is 2.15. The van der Waals surface area contributed by atoms with Crippen molar-refractivity contribution in [2.75, 3.05) is 19.6 Å². The number of hydrogen-bond donors (Lipinski definition) is 1. The molecule has 2 amide bonds. The van der Waals surface area contributed by atoms with Gasteiger partial charge in [0, 0.05) is 43.3 Å². The molecule has 1 aromatic heterocycles. The second kappa shape index (κ2) is 8.86. The molecule has 0 radical (unpaired) electrons.